The molecule has 1 atom stereocenters. The lowest BCUT2D eigenvalue weighted by Gasteiger charge is -2.04. The maximum Gasteiger partial charge on any atom is 0.103 e. The van der Waals surface area contributed by atoms with Gasteiger partial charge in [-0.15, -0.1) is 34.3 Å². The van der Waals surface area contributed by atoms with Gasteiger partial charge < -0.3 is 0 Å². The standard InChI is InChI=1S/C10H8BrClS2/c1-6-2-3-8(14-6)9(12)10-7(11)4-5-13-10/h2-5,9H,1H3. The highest BCUT2D eigenvalue weighted by molar-refractivity contribution is 9.10. The molecule has 2 heterocycles. The minimum absolute atomic E-state index is 0.0110. The second kappa shape index (κ2) is 4.35. The number of hydrogen-bond donors (Lipinski definition) is 0. The van der Waals surface area contributed by atoms with Crippen LogP contribution >= 0.6 is 50.2 Å². The molecule has 0 aromatic carbocycles. The monoisotopic (exact) mass is 306 g/mol. The van der Waals surface area contributed by atoms with E-state index >= 15 is 0 Å². The van der Waals surface area contributed by atoms with Gasteiger partial charge in [0.05, 0.1) is 0 Å². The summed E-state index contributed by atoms with van der Waals surface area (Å²) in [6.45, 7) is 2.10. The molecule has 2 aromatic rings. The number of rotatable bonds is 2. The molecular weight excluding hydrogens is 300 g/mol. The van der Waals surface area contributed by atoms with Crippen LogP contribution in [0.1, 0.15) is 20.0 Å². The van der Waals surface area contributed by atoms with Gasteiger partial charge in [0.2, 0.25) is 0 Å². The van der Waals surface area contributed by atoms with Gasteiger partial charge in [-0.05, 0) is 46.4 Å². The molecule has 0 saturated heterocycles. The van der Waals surface area contributed by atoms with Gasteiger partial charge in [0, 0.05) is 19.1 Å². The van der Waals surface area contributed by atoms with Gasteiger partial charge in [0.25, 0.3) is 0 Å². The molecule has 0 fully saturated rings. The Balaban J connectivity index is 2.33. The number of thiophene rings is 2. The summed E-state index contributed by atoms with van der Waals surface area (Å²) in [4.78, 5) is 3.71. The Labute approximate surface area is 105 Å². The Morgan fingerprint density at radius 3 is 2.64 bits per heavy atom. The number of hydrogen-bond acceptors (Lipinski definition) is 2. The van der Waals surface area contributed by atoms with Crippen molar-refractivity contribution in [3.63, 3.8) is 0 Å². The van der Waals surface area contributed by atoms with Gasteiger partial charge in [0.1, 0.15) is 5.38 Å². The molecule has 0 aliphatic rings. The third-order valence-electron chi connectivity index (χ3n) is 1.89. The van der Waals surface area contributed by atoms with Gasteiger partial charge >= 0.3 is 0 Å². The molecular formula is C10H8BrClS2. The first-order valence-corrected chi connectivity index (χ1v) is 7.04. The van der Waals surface area contributed by atoms with Gasteiger partial charge in [-0.25, -0.2) is 0 Å². The first kappa shape index (κ1) is 10.7. The summed E-state index contributed by atoms with van der Waals surface area (Å²) in [5.41, 5.74) is 0. The van der Waals surface area contributed by atoms with E-state index in [9.17, 15) is 0 Å². The lowest BCUT2D eigenvalue weighted by atomic mass is 10.3. The zero-order valence-corrected chi connectivity index (χ0v) is 11.4. The molecule has 0 aliphatic heterocycles. The predicted molar refractivity (Wildman–Crippen MR) is 68.8 cm³/mol. The fraction of sp³-hybridized carbons (Fsp3) is 0.200. The van der Waals surface area contributed by atoms with Crippen molar-refractivity contribution in [2.75, 3.05) is 0 Å². The van der Waals surface area contributed by atoms with Crippen LogP contribution in [0, 0.1) is 6.92 Å². The van der Waals surface area contributed by atoms with E-state index in [1.165, 1.54) is 14.6 Å². The fourth-order valence-corrected chi connectivity index (χ4v) is 4.35. The molecule has 1 unspecified atom stereocenters. The van der Waals surface area contributed by atoms with Crippen molar-refractivity contribution in [3.05, 3.63) is 42.7 Å². The van der Waals surface area contributed by atoms with E-state index in [4.69, 9.17) is 11.6 Å². The summed E-state index contributed by atoms with van der Waals surface area (Å²) in [7, 11) is 0. The predicted octanol–water partition coefficient (Wildman–Crippen LogP) is 5.21. The SMILES string of the molecule is Cc1ccc(C(Cl)c2sccc2Br)s1. The fourth-order valence-electron chi connectivity index (χ4n) is 1.21. The number of alkyl halides is 1. The molecule has 0 saturated carbocycles. The molecule has 0 N–H and O–H groups in total. The molecule has 0 aliphatic carbocycles. The quantitative estimate of drug-likeness (QED) is 0.668. The van der Waals surface area contributed by atoms with E-state index in [-0.39, 0.29) is 5.38 Å². The summed E-state index contributed by atoms with van der Waals surface area (Å²) in [5, 5.41) is 2.04. The van der Waals surface area contributed by atoms with Crippen LogP contribution in [-0.4, -0.2) is 0 Å². The number of halogens is 2. The van der Waals surface area contributed by atoms with Crippen molar-refractivity contribution in [2.45, 2.75) is 12.3 Å². The van der Waals surface area contributed by atoms with Crippen molar-refractivity contribution in [2.24, 2.45) is 0 Å². The zero-order valence-electron chi connectivity index (χ0n) is 7.46. The molecule has 0 amide bonds. The largest absolute Gasteiger partial charge is 0.146 e. The smallest absolute Gasteiger partial charge is 0.103 e. The normalized spacial score (nSPS) is 13.1. The van der Waals surface area contributed by atoms with Gasteiger partial charge in [-0.2, -0.15) is 0 Å². The topological polar surface area (TPSA) is 0 Å². The average molecular weight is 308 g/mol. The van der Waals surface area contributed by atoms with Crippen LogP contribution in [0.5, 0.6) is 0 Å². The van der Waals surface area contributed by atoms with Gasteiger partial charge in [-0.1, -0.05) is 0 Å². The minimum Gasteiger partial charge on any atom is -0.146 e. The van der Waals surface area contributed by atoms with Gasteiger partial charge in [-0.3, -0.25) is 0 Å². The molecule has 4 heteroatoms. The molecule has 0 nitrogen and oxygen atoms in total. The van der Waals surface area contributed by atoms with Crippen LogP contribution in [0.3, 0.4) is 0 Å². The molecule has 0 spiro atoms. The third-order valence-corrected chi connectivity index (χ3v) is 5.60. The first-order valence-electron chi connectivity index (χ1n) is 4.12. The number of aryl methyl sites for hydroxylation is 1. The Kier molecular flexibility index (Phi) is 3.32. The van der Waals surface area contributed by atoms with E-state index in [0.29, 0.717) is 0 Å². The van der Waals surface area contributed by atoms with Crippen LogP contribution in [-0.2, 0) is 0 Å². The second-order valence-corrected chi connectivity index (χ2v) is 6.50. The van der Waals surface area contributed by atoms with Crippen molar-refractivity contribution in [1.82, 2.24) is 0 Å². The van der Waals surface area contributed by atoms with Crippen molar-refractivity contribution >= 4 is 50.2 Å². The minimum atomic E-state index is -0.0110. The lowest BCUT2D eigenvalue weighted by molar-refractivity contribution is 1.23. The highest BCUT2D eigenvalue weighted by atomic mass is 79.9. The van der Waals surface area contributed by atoms with Crippen LogP contribution in [0.4, 0.5) is 0 Å². The molecule has 2 aromatic heterocycles. The van der Waals surface area contributed by atoms with Crippen molar-refractivity contribution in [3.8, 4) is 0 Å². The Bertz CT molecular complexity index is 433. The first-order chi connectivity index (χ1) is 6.68. The Hall–Kier alpha value is 0.170. The van der Waals surface area contributed by atoms with Crippen LogP contribution in [0.15, 0.2) is 28.1 Å². The average Bonchev–Trinajstić information content (AvgIpc) is 2.73. The summed E-state index contributed by atoms with van der Waals surface area (Å²) >= 11 is 13.3. The Morgan fingerprint density at radius 2 is 2.14 bits per heavy atom. The lowest BCUT2D eigenvalue weighted by Crippen LogP contribution is -1.85. The Morgan fingerprint density at radius 1 is 1.36 bits per heavy atom. The van der Waals surface area contributed by atoms with E-state index in [2.05, 4.69) is 40.4 Å². The van der Waals surface area contributed by atoms with E-state index in [1.807, 2.05) is 6.07 Å². The maximum atomic E-state index is 6.38. The summed E-state index contributed by atoms with van der Waals surface area (Å²) in [6.07, 6.45) is 0. The van der Waals surface area contributed by atoms with Crippen molar-refractivity contribution in [1.29, 1.82) is 0 Å². The molecule has 0 bridgehead atoms. The zero-order chi connectivity index (χ0) is 10.1. The summed E-state index contributed by atoms with van der Waals surface area (Å²) in [6, 6.07) is 6.25. The highest BCUT2D eigenvalue weighted by Gasteiger charge is 2.16. The maximum absolute atomic E-state index is 6.38. The second-order valence-electron chi connectivity index (χ2n) is 2.94. The third kappa shape index (κ3) is 2.06. The van der Waals surface area contributed by atoms with E-state index in [0.717, 1.165) is 4.47 Å². The van der Waals surface area contributed by atoms with Crippen LogP contribution in [0.25, 0.3) is 0 Å². The van der Waals surface area contributed by atoms with Crippen molar-refractivity contribution < 1.29 is 0 Å². The van der Waals surface area contributed by atoms with E-state index in [1.54, 1.807) is 22.7 Å². The highest BCUT2D eigenvalue weighted by Crippen LogP contribution is 2.39. The molecule has 2 rings (SSSR count). The molecule has 0 radical (unpaired) electrons. The van der Waals surface area contributed by atoms with E-state index < -0.39 is 0 Å². The van der Waals surface area contributed by atoms with Gasteiger partial charge in [0.15, 0.2) is 0 Å². The summed E-state index contributed by atoms with van der Waals surface area (Å²) in [5.74, 6) is 0. The van der Waals surface area contributed by atoms with Crippen LogP contribution < -0.4 is 0 Å². The summed E-state index contributed by atoms with van der Waals surface area (Å²) < 4.78 is 1.11. The molecule has 14 heavy (non-hydrogen) atoms. The molecule has 74 valence electrons. The van der Waals surface area contributed by atoms with Crippen LogP contribution in [0.2, 0.25) is 0 Å².